The number of ether oxygens (including phenoxy) is 2. The highest BCUT2D eigenvalue weighted by Crippen LogP contribution is 2.38. The third-order valence-electron chi connectivity index (χ3n) is 5.52. The largest absolute Gasteiger partial charge is 0.493 e. The van der Waals surface area contributed by atoms with E-state index in [1.54, 1.807) is 7.11 Å². The van der Waals surface area contributed by atoms with Gasteiger partial charge in [-0.3, -0.25) is 0 Å². The van der Waals surface area contributed by atoms with Gasteiger partial charge in [-0.15, -0.1) is 0 Å². The van der Waals surface area contributed by atoms with Gasteiger partial charge in [0.15, 0.2) is 17.1 Å². The summed E-state index contributed by atoms with van der Waals surface area (Å²) in [4.78, 5) is 18.3. The summed E-state index contributed by atoms with van der Waals surface area (Å²) in [5.41, 5.74) is 1.24. The number of hydrogen-bond acceptors (Lipinski definition) is 5. The van der Waals surface area contributed by atoms with Gasteiger partial charge in [-0.25, -0.2) is 4.79 Å². The average molecular weight is 360 g/mol. The van der Waals surface area contributed by atoms with Crippen LogP contribution in [0.5, 0.6) is 11.5 Å². The molecule has 1 aromatic rings. The predicted octanol–water partition coefficient (Wildman–Crippen LogP) is 3.26. The number of amides is 1. The van der Waals surface area contributed by atoms with Crippen LogP contribution in [-0.2, 0) is 4.84 Å². The number of rotatable bonds is 4. The zero-order chi connectivity index (χ0) is 18.1. The number of carbonyl (C=O) groups is 1. The fourth-order valence-electron chi connectivity index (χ4n) is 4.04. The van der Waals surface area contributed by atoms with Gasteiger partial charge < -0.3 is 24.3 Å². The van der Waals surface area contributed by atoms with E-state index in [2.05, 4.69) is 5.16 Å². The molecule has 0 radical (unpaired) electrons. The van der Waals surface area contributed by atoms with Crippen molar-refractivity contribution in [1.29, 1.82) is 0 Å². The molecule has 0 bridgehead atoms. The fraction of sp³-hybridized carbons (Fsp3) is 0.579. The molecule has 0 aromatic heterocycles. The van der Waals surface area contributed by atoms with Crippen molar-refractivity contribution in [2.75, 3.05) is 20.2 Å². The minimum Gasteiger partial charge on any atom is -0.493 e. The molecule has 1 atom stereocenters. The first-order chi connectivity index (χ1) is 12.6. The summed E-state index contributed by atoms with van der Waals surface area (Å²) in [6.45, 7) is 0.841. The van der Waals surface area contributed by atoms with Gasteiger partial charge in [0.1, 0.15) is 0 Å². The Labute approximate surface area is 152 Å². The fourth-order valence-corrected chi connectivity index (χ4v) is 4.04. The van der Waals surface area contributed by atoms with Gasteiger partial charge in [0.25, 0.3) is 0 Å². The van der Waals surface area contributed by atoms with Gasteiger partial charge in [-0.05, 0) is 43.9 Å². The van der Waals surface area contributed by atoms with Crippen molar-refractivity contribution in [3.05, 3.63) is 23.8 Å². The maximum absolute atomic E-state index is 11.2. The van der Waals surface area contributed by atoms with Crippen LogP contribution in [0.15, 0.2) is 23.4 Å². The molecule has 2 aliphatic heterocycles. The first-order valence-electron chi connectivity index (χ1n) is 9.17. The van der Waals surface area contributed by atoms with Crippen LogP contribution in [0.4, 0.5) is 4.79 Å². The van der Waals surface area contributed by atoms with Crippen molar-refractivity contribution in [1.82, 2.24) is 4.90 Å². The number of hydrogen-bond donors (Lipinski definition) is 1. The second kappa shape index (κ2) is 6.70. The molecule has 3 aliphatic rings. The molecule has 1 aromatic carbocycles. The third-order valence-corrected chi connectivity index (χ3v) is 5.52. The van der Waals surface area contributed by atoms with E-state index in [0.29, 0.717) is 31.7 Å². The van der Waals surface area contributed by atoms with Crippen LogP contribution in [0.3, 0.4) is 0 Å². The Morgan fingerprint density at radius 3 is 2.85 bits per heavy atom. The van der Waals surface area contributed by atoms with Gasteiger partial charge in [-0.1, -0.05) is 5.16 Å². The lowest BCUT2D eigenvalue weighted by Gasteiger charge is -2.20. The summed E-state index contributed by atoms with van der Waals surface area (Å²) >= 11 is 0. The summed E-state index contributed by atoms with van der Waals surface area (Å²) in [6.07, 6.45) is 5.16. The van der Waals surface area contributed by atoms with Crippen molar-refractivity contribution >= 4 is 11.8 Å². The van der Waals surface area contributed by atoms with E-state index in [9.17, 15) is 9.90 Å². The molecule has 7 nitrogen and oxygen atoms in total. The summed E-state index contributed by atoms with van der Waals surface area (Å²) in [5.74, 6) is 1.45. The highest BCUT2D eigenvalue weighted by Gasteiger charge is 2.47. The Hall–Kier alpha value is -2.44. The average Bonchev–Trinajstić information content (AvgIpc) is 3.38. The highest BCUT2D eigenvalue weighted by atomic mass is 16.7. The Balaban J connectivity index is 1.50. The second-order valence-electron chi connectivity index (χ2n) is 7.33. The maximum atomic E-state index is 11.2. The molecule has 4 rings (SSSR count). The molecule has 1 aliphatic carbocycles. The van der Waals surface area contributed by atoms with Crippen LogP contribution < -0.4 is 9.47 Å². The first-order valence-corrected chi connectivity index (χ1v) is 9.17. The van der Waals surface area contributed by atoms with Gasteiger partial charge in [0.2, 0.25) is 0 Å². The molecule has 7 heteroatoms. The van der Waals surface area contributed by atoms with Crippen molar-refractivity contribution in [2.45, 2.75) is 50.2 Å². The van der Waals surface area contributed by atoms with E-state index in [0.717, 1.165) is 29.9 Å². The Morgan fingerprint density at radius 1 is 1.35 bits per heavy atom. The van der Waals surface area contributed by atoms with Crippen molar-refractivity contribution < 1.29 is 24.2 Å². The van der Waals surface area contributed by atoms with Crippen LogP contribution in [0.25, 0.3) is 0 Å². The molecule has 2 heterocycles. The number of oxime groups is 1. The van der Waals surface area contributed by atoms with E-state index in [1.165, 1.54) is 17.7 Å². The number of likely N-dealkylation sites (tertiary alicyclic amines) is 1. The summed E-state index contributed by atoms with van der Waals surface area (Å²) < 4.78 is 11.6. The number of benzene rings is 1. The molecule has 26 heavy (non-hydrogen) atoms. The van der Waals surface area contributed by atoms with Crippen molar-refractivity contribution in [3.63, 3.8) is 0 Å². The molecule has 1 spiro atoms. The summed E-state index contributed by atoms with van der Waals surface area (Å²) in [7, 11) is 1.64. The van der Waals surface area contributed by atoms with Crippen LogP contribution in [0.2, 0.25) is 0 Å². The molecule has 1 amide bonds. The topological polar surface area (TPSA) is 80.6 Å². The molecule has 140 valence electrons. The molecule has 1 unspecified atom stereocenters. The number of methoxy groups -OCH3 is 1. The Morgan fingerprint density at radius 2 is 2.15 bits per heavy atom. The monoisotopic (exact) mass is 360 g/mol. The minimum atomic E-state index is -0.907. The zero-order valence-electron chi connectivity index (χ0n) is 14.9. The van der Waals surface area contributed by atoms with Crippen LogP contribution >= 0.6 is 0 Å². The second-order valence-corrected chi connectivity index (χ2v) is 7.33. The number of nitrogens with zero attached hydrogens (tertiary/aromatic N) is 2. The number of carboxylic acid groups (broad SMARTS) is 1. The molecule has 2 fully saturated rings. The van der Waals surface area contributed by atoms with Crippen LogP contribution in [0, 0.1) is 0 Å². The van der Waals surface area contributed by atoms with E-state index >= 15 is 0 Å². The molecule has 1 N–H and O–H groups in total. The molecule has 1 saturated carbocycles. The van der Waals surface area contributed by atoms with E-state index in [4.69, 9.17) is 14.3 Å². The molecule has 1 saturated heterocycles. The van der Waals surface area contributed by atoms with Gasteiger partial charge in [0.05, 0.1) is 25.5 Å². The van der Waals surface area contributed by atoms with Crippen LogP contribution in [0.1, 0.15) is 44.1 Å². The first kappa shape index (κ1) is 17.0. The van der Waals surface area contributed by atoms with Crippen LogP contribution in [-0.4, -0.2) is 53.7 Å². The summed E-state index contributed by atoms with van der Waals surface area (Å²) in [6, 6.07) is 5.80. The SMILES string of the molecule is COc1ccc(C2=NOC3(CCN(C(=O)O)C3)C2)cc1OC1CCCC1. The Bertz CT molecular complexity index is 729. The van der Waals surface area contributed by atoms with Gasteiger partial charge in [0, 0.05) is 24.9 Å². The van der Waals surface area contributed by atoms with Crippen molar-refractivity contribution in [2.24, 2.45) is 5.16 Å². The lowest BCUT2D eigenvalue weighted by Crippen LogP contribution is -2.35. The van der Waals surface area contributed by atoms with Gasteiger partial charge in [-0.2, -0.15) is 0 Å². The lowest BCUT2D eigenvalue weighted by molar-refractivity contribution is -0.00904. The highest BCUT2D eigenvalue weighted by molar-refractivity contribution is 6.02. The standard InChI is InChI=1S/C19H24N2O5/c1-24-16-7-6-13(10-17(16)25-14-4-2-3-5-14)15-11-19(26-20-15)8-9-21(12-19)18(22)23/h6-7,10,14H,2-5,8-9,11-12H2,1H3,(H,22,23). The van der Waals surface area contributed by atoms with E-state index in [1.807, 2.05) is 18.2 Å². The quantitative estimate of drug-likeness (QED) is 0.891. The van der Waals surface area contributed by atoms with Gasteiger partial charge >= 0.3 is 6.09 Å². The third kappa shape index (κ3) is 3.18. The van der Waals surface area contributed by atoms with E-state index < -0.39 is 11.7 Å². The predicted molar refractivity (Wildman–Crippen MR) is 95.1 cm³/mol. The zero-order valence-corrected chi connectivity index (χ0v) is 14.9. The lowest BCUT2D eigenvalue weighted by atomic mass is 9.93. The van der Waals surface area contributed by atoms with Crippen molar-refractivity contribution in [3.8, 4) is 11.5 Å². The van der Waals surface area contributed by atoms with E-state index in [-0.39, 0.29) is 6.10 Å². The smallest absolute Gasteiger partial charge is 0.407 e. The molecular weight excluding hydrogens is 336 g/mol. The normalized spacial score (nSPS) is 25.4. The Kier molecular flexibility index (Phi) is 4.38. The summed E-state index contributed by atoms with van der Waals surface area (Å²) in [5, 5.41) is 13.4. The minimum absolute atomic E-state index is 0.242. The molecular formula is C19H24N2O5. The maximum Gasteiger partial charge on any atom is 0.407 e.